The van der Waals surface area contributed by atoms with E-state index in [2.05, 4.69) is 20.3 Å². The van der Waals surface area contributed by atoms with Gasteiger partial charge in [-0.2, -0.15) is 0 Å². The molecule has 1 aliphatic rings. The van der Waals surface area contributed by atoms with E-state index in [9.17, 15) is 19.7 Å². The third kappa shape index (κ3) is 2.69. The number of aliphatic hydroxyl groups excluding tert-OH is 3. The third-order valence-electron chi connectivity index (χ3n) is 4.28. The number of para-hydroxylation sites is 1. The van der Waals surface area contributed by atoms with Crippen molar-refractivity contribution in [1.82, 2.24) is 19.5 Å². The molecule has 0 aliphatic carbocycles. The summed E-state index contributed by atoms with van der Waals surface area (Å²) in [5.41, 5.74) is 0.900. The van der Waals surface area contributed by atoms with E-state index in [0.29, 0.717) is 11.2 Å². The molecule has 0 bridgehead atoms. The number of aromatic nitrogens is 4. The summed E-state index contributed by atoms with van der Waals surface area (Å²) in [5, 5.41) is 32.2. The highest BCUT2D eigenvalue weighted by Gasteiger charge is 2.44. The predicted molar refractivity (Wildman–Crippen MR) is 88.0 cm³/mol. The minimum Gasteiger partial charge on any atom is -0.394 e. The van der Waals surface area contributed by atoms with Crippen LogP contribution in [0.5, 0.6) is 0 Å². The molecule has 1 fully saturated rings. The minimum absolute atomic E-state index is 0.231. The summed E-state index contributed by atoms with van der Waals surface area (Å²) in [6.07, 6.45) is -1.73. The maximum absolute atomic E-state index is 13.9. The first kappa shape index (κ1) is 16.8. The number of fused-ring (bicyclic) bond motifs is 1. The Labute approximate surface area is 146 Å². The number of halogens is 1. The first-order valence-electron chi connectivity index (χ1n) is 7.91. The van der Waals surface area contributed by atoms with Gasteiger partial charge in [0.15, 0.2) is 23.2 Å². The molecule has 0 amide bonds. The molecule has 0 spiro atoms. The first-order valence-corrected chi connectivity index (χ1v) is 7.91. The molecule has 0 saturated carbocycles. The highest BCUT2D eigenvalue weighted by atomic mass is 19.1. The molecule has 2 aromatic heterocycles. The second-order valence-corrected chi connectivity index (χ2v) is 5.88. The molecule has 136 valence electrons. The molecule has 3 heterocycles. The molecule has 4 rings (SSSR count). The molecular weight excluding hydrogens is 345 g/mol. The van der Waals surface area contributed by atoms with Crippen LogP contribution in [-0.4, -0.2) is 59.8 Å². The van der Waals surface area contributed by atoms with Crippen LogP contribution in [0.15, 0.2) is 36.9 Å². The van der Waals surface area contributed by atoms with Gasteiger partial charge in [0.25, 0.3) is 0 Å². The van der Waals surface area contributed by atoms with Crippen molar-refractivity contribution in [3.8, 4) is 0 Å². The number of aliphatic hydroxyl groups is 3. The molecule has 0 unspecified atom stereocenters. The molecule has 1 aliphatic heterocycles. The predicted octanol–water partition coefficient (Wildman–Crippen LogP) is 0.320. The SMILES string of the molecule is OC[C@H]1O[C@@H](n2cnc3c(Nc4ccccc4F)ncnc32)[C@H](O)[C@@H]1O. The van der Waals surface area contributed by atoms with Gasteiger partial charge in [-0.15, -0.1) is 0 Å². The van der Waals surface area contributed by atoms with Gasteiger partial charge in [-0.1, -0.05) is 12.1 Å². The lowest BCUT2D eigenvalue weighted by Crippen LogP contribution is -2.33. The monoisotopic (exact) mass is 361 g/mol. The second-order valence-electron chi connectivity index (χ2n) is 5.88. The Balaban J connectivity index is 1.71. The van der Waals surface area contributed by atoms with E-state index in [1.54, 1.807) is 18.2 Å². The van der Waals surface area contributed by atoms with Crippen LogP contribution in [-0.2, 0) is 4.74 Å². The van der Waals surface area contributed by atoms with Crippen molar-refractivity contribution in [2.24, 2.45) is 0 Å². The van der Waals surface area contributed by atoms with E-state index >= 15 is 0 Å². The summed E-state index contributed by atoms with van der Waals surface area (Å²) in [7, 11) is 0. The van der Waals surface area contributed by atoms with Crippen LogP contribution in [0.1, 0.15) is 6.23 Å². The summed E-state index contributed by atoms with van der Waals surface area (Å²) in [5.74, 6) is -0.159. The topological polar surface area (TPSA) is 126 Å². The van der Waals surface area contributed by atoms with Gasteiger partial charge in [0.1, 0.15) is 30.5 Å². The fraction of sp³-hybridized carbons (Fsp3) is 0.312. The summed E-state index contributed by atoms with van der Waals surface area (Å²) in [6, 6.07) is 6.14. The van der Waals surface area contributed by atoms with Crippen LogP contribution in [0.3, 0.4) is 0 Å². The first-order chi connectivity index (χ1) is 12.6. The van der Waals surface area contributed by atoms with Crippen molar-refractivity contribution in [1.29, 1.82) is 0 Å². The maximum Gasteiger partial charge on any atom is 0.167 e. The van der Waals surface area contributed by atoms with Gasteiger partial charge in [-0.3, -0.25) is 4.57 Å². The molecule has 9 nitrogen and oxygen atoms in total. The molecule has 10 heteroatoms. The number of nitrogens with zero attached hydrogens (tertiary/aromatic N) is 4. The molecule has 4 N–H and O–H groups in total. The van der Waals surface area contributed by atoms with E-state index in [0.717, 1.165) is 0 Å². The van der Waals surface area contributed by atoms with Crippen molar-refractivity contribution in [2.45, 2.75) is 24.5 Å². The molecule has 0 radical (unpaired) electrons. The van der Waals surface area contributed by atoms with Crippen LogP contribution in [0.4, 0.5) is 15.9 Å². The summed E-state index contributed by atoms with van der Waals surface area (Å²) >= 11 is 0. The number of anilines is 2. The number of benzene rings is 1. The van der Waals surface area contributed by atoms with Gasteiger partial charge in [0.2, 0.25) is 0 Å². The number of hydrogen-bond acceptors (Lipinski definition) is 8. The van der Waals surface area contributed by atoms with Crippen molar-refractivity contribution in [3.05, 3.63) is 42.7 Å². The van der Waals surface area contributed by atoms with Crippen LogP contribution in [0.25, 0.3) is 11.2 Å². The standard InChI is InChI=1S/C16H16FN5O4/c17-8-3-1-2-4-9(8)21-14-11-15(19-6-18-14)22(7-20-11)16-13(25)12(24)10(5-23)26-16/h1-4,6-7,10,12-13,16,23-25H,5H2,(H,18,19,21)/t10-,12-,13-,16-/m1/s1. The molecular formula is C16H16FN5O4. The third-order valence-corrected chi connectivity index (χ3v) is 4.28. The van der Waals surface area contributed by atoms with E-state index < -0.39 is 37.0 Å². The summed E-state index contributed by atoms with van der Waals surface area (Å²) in [6.45, 7) is -0.434. The van der Waals surface area contributed by atoms with Crippen LogP contribution in [0, 0.1) is 5.82 Å². The van der Waals surface area contributed by atoms with Crippen molar-refractivity contribution >= 4 is 22.7 Å². The van der Waals surface area contributed by atoms with Gasteiger partial charge < -0.3 is 25.4 Å². The maximum atomic E-state index is 13.9. The van der Waals surface area contributed by atoms with Gasteiger partial charge >= 0.3 is 0 Å². The largest absolute Gasteiger partial charge is 0.394 e. The quantitative estimate of drug-likeness (QED) is 0.524. The number of ether oxygens (including phenoxy) is 1. The Morgan fingerprint density at radius 2 is 1.96 bits per heavy atom. The number of hydrogen-bond donors (Lipinski definition) is 4. The van der Waals surface area contributed by atoms with Gasteiger partial charge in [-0.05, 0) is 12.1 Å². The lowest BCUT2D eigenvalue weighted by Gasteiger charge is -2.16. The van der Waals surface area contributed by atoms with Crippen molar-refractivity contribution < 1.29 is 24.4 Å². The summed E-state index contributed by atoms with van der Waals surface area (Å²) < 4.78 is 20.8. The molecule has 3 aromatic rings. The number of imidazole rings is 1. The number of rotatable bonds is 4. The molecule has 4 atom stereocenters. The smallest absolute Gasteiger partial charge is 0.167 e. The molecule has 26 heavy (non-hydrogen) atoms. The Hall–Kier alpha value is -2.66. The molecule has 1 saturated heterocycles. The Morgan fingerprint density at radius 1 is 1.15 bits per heavy atom. The lowest BCUT2D eigenvalue weighted by atomic mass is 10.1. The fourth-order valence-corrected chi connectivity index (χ4v) is 2.93. The zero-order valence-electron chi connectivity index (χ0n) is 13.4. The van der Waals surface area contributed by atoms with Crippen LogP contribution in [0.2, 0.25) is 0 Å². The summed E-state index contributed by atoms with van der Waals surface area (Å²) in [4.78, 5) is 12.4. The second kappa shape index (κ2) is 6.57. The van der Waals surface area contributed by atoms with Crippen LogP contribution >= 0.6 is 0 Å². The fourth-order valence-electron chi connectivity index (χ4n) is 2.93. The average molecular weight is 361 g/mol. The van der Waals surface area contributed by atoms with E-state index in [1.165, 1.54) is 23.3 Å². The van der Waals surface area contributed by atoms with E-state index in [1.807, 2.05) is 0 Å². The number of nitrogens with one attached hydrogen (secondary N) is 1. The van der Waals surface area contributed by atoms with Gasteiger partial charge in [0, 0.05) is 0 Å². The minimum atomic E-state index is -1.26. The van der Waals surface area contributed by atoms with Crippen molar-refractivity contribution in [2.75, 3.05) is 11.9 Å². The van der Waals surface area contributed by atoms with Gasteiger partial charge in [0.05, 0.1) is 18.6 Å². The zero-order chi connectivity index (χ0) is 18.3. The van der Waals surface area contributed by atoms with Crippen molar-refractivity contribution in [3.63, 3.8) is 0 Å². The highest BCUT2D eigenvalue weighted by molar-refractivity contribution is 5.85. The zero-order valence-corrected chi connectivity index (χ0v) is 13.4. The Morgan fingerprint density at radius 3 is 2.69 bits per heavy atom. The van der Waals surface area contributed by atoms with E-state index in [-0.39, 0.29) is 11.5 Å². The van der Waals surface area contributed by atoms with Crippen LogP contribution < -0.4 is 5.32 Å². The average Bonchev–Trinajstić information content (AvgIpc) is 3.19. The normalized spacial score (nSPS) is 25.7. The lowest BCUT2D eigenvalue weighted by molar-refractivity contribution is -0.0511. The Bertz CT molecular complexity index is 936. The highest BCUT2D eigenvalue weighted by Crippen LogP contribution is 2.32. The molecule has 1 aromatic carbocycles. The van der Waals surface area contributed by atoms with Gasteiger partial charge in [-0.25, -0.2) is 19.3 Å². The van der Waals surface area contributed by atoms with E-state index in [4.69, 9.17) is 4.74 Å². The Kier molecular flexibility index (Phi) is 4.24.